The van der Waals surface area contributed by atoms with Gasteiger partial charge in [0.2, 0.25) is 0 Å². The van der Waals surface area contributed by atoms with Gasteiger partial charge < -0.3 is 14.2 Å². The molecule has 0 spiro atoms. The molecule has 0 bridgehead atoms. The standard InChI is InChI=1S/C61H104O6/c1-4-7-10-13-16-19-22-24-26-28-30-32-34-36-39-42-45-48-51-54-60(63)66-57-58(56-65-59(62)53-50-47-44-41-38-21-18-15-12-9-6-3)67-61(64)55-52-49-46-43-40-37-35-33-31-29-27-25-23-20-17-14-11-8-5-2/h15-16,18-19,24-27,30,32,36,39,45,48,58H,4-14,17,20-23,28-29,31,33-35,37-38,40-44,46-47,49-57H2,1-3H3/b18-15-,19-16-,26-24-,27-25-,32-30-,39-36-,48-45-/t58-/m0/s1. The first-order valence-electron chi connectivity index (χ1n) is 28.1. The molecule has 0 aromatic rings. The maximum atomic E-state index is 12.8. The van der Waals surface area contributed by atoms with Gasteiger partial charge in [0, 0.05) is 19.3 Å². The molecule has 0 aromatic heterocycles. The van der Waals surface area contributed by atoms with Gasteiger partial charge in [-0.25, -0.2) is 0 Å². The molecule has 1 atom stereocenters. The van der Waals surface area contributed by atoms with Crippen LogP contribution in [0.2, 0.25) is 0 Å². The molecule has 0 aromatic carbocycles. The first-order chi connectivity index (χ1) is 33.0. The van der Waals surface area contributed by atoms with Crippen molar-refractivity contribution >= 4 is 17.9 Å². The zero-order chi connectivity index (χ0) is 48.6. The van der Waals surface area contributed by atoms with E-state index in [9.17, 15) is 14.4 Å². The maximum absolute atomic E-state index is 12.8. The Morgan fingerprint density at radius 1 is 0.299 bits per heavy atom. The van der Waals surface area contributed by atoms with Crippen LogP contribution in [0.5, 0.6) is 0 Å². The topological polar surface area (TPSA) is 78.9 Å². The van der Waals surface area contributed by atoms with Crippen LogP contribution < -0.4 is 0 Å². The van der Waals surface area contributed by atoms with Crippen molar-refractivity contribution in [3.8, 4) is 0 Å². The minimum Gasteiger partial charge on any atom is -0.462 e. The van der Waals surface area contributed by atoms with Crippen LogP contribution in [0.25, 0.3) is 0 Å². The summed E-state index contributed by atoms with van der Waals surface area (Å²) in [5, 5.41) is 0. The number of hydrogen-bond acceptors (Lipinski definition) is 6. The molecule has 0 radical (unpaired) electrons. The average molecular weight is 933 g/mol. The second-order valence-electron chi connectivity index (χ2n) is 18.5. The molecule has 67 heavy (non-hydrogen) atoms. The van der Waals surface area contributed by atoms with E-state index < -0.39 is 6.10 Å². The summed E-state index contributed by atoms with van der Waals surface area (Å²) in [7, 11) is 0. The number of unbranched alkanes of at least 4 members (excludes halogenated alkanes) is 25. The lowest BCUT2D eigenvalue weighted by Crippen LogP contribution is -2.30. The molecule has 0 aliphatic rings. The highest BCUT2D eigenvalue weighted by molar-refractivity contribution is 5.71. The Kier molecular flexibility index (Phi) is 52.4. The normalized spacial score (nSPS) is 12.7. The summed E-state index contributed by atoms with van der Waals surface area (Å²) in [6.45, 7) is 6.50. The summed E-state index contributed by atoms with van der Waals surface area (Å²) in [5.74, 6) is -0.999. The minimum atomic E-state index is -0.811. The first-order valence-corrected chi connectivity index (χ1v) is 28.1. The molecule has 0 saturated carbocycles. The van der Waals surface area contributed by atoms with E-state index >= 15 is 0 Å². The van der Waals surface area contributed by atoms with Crippen LogP contribution in [0.1, 0.15) is 265 Å². The number of esters is 3. The Hall–Kier alpha value is -3.41. The molecule has 0 saturated heterocycles. The Bertz CT molecular complexity index is 1300. The van der Waals surface area contributed by atoms with E-state index in [1.165, 1.54) is 141 Å². The fourth-order valence-electron chi connectivity index (χ4n) is 7.58. The quantitative estimate of drug-likeness (QED) is 0.0262. The summed E-state index contributed by atoms with van der Waals surface area (Å²) in [6.07, 6.45) is 71.6. The van der Waals surface area contributed by atoms with Crippen molar-refractivity contribution in [1.82, 2.24) is 0 Å². The second-order valence-corrected chi connectivity index (χ2v) is 18.5. The molecule has 0 aliphatic carbocycles. The highest BCUT2D eigenvalue weighted by Crippen LogP contribution is 2.14. The van der Waals surface area contributed by atoms with Gasteiger partial charge in [-0.05, 0) is 103 Å². The highest BCUT2D eigenvalue weighted by atomic mass is 16.6. The van der Waals surface area contributed by atoms with Gasteiger partial charge in [0.05, 0.1) is 0 Å². The van der Waals surface area contributed by atoms with Gasteiger partial charge in [-0.15, -0.1) is 0 Å². The predicted molar refractivity (Wildman–Crippen MR) is 288 cm³/mol. The van der Waals surface area contributed by atoms with Crippen molar-refractivity contribution in [2.45, 2.75) is 271 Å². The lowest BCUT2D eigenvalue weighted by Gasteiger charge is -2.18. The van der Waals surface area contributed by atoms with E-state index in [0.29, 0.717) is 19.3 Å². The third-order valence-corrected chi connectivity index (χ3v) is 11.9. The smallest absolute Gasteiger partial charge is 0.306 e. The van der Waals surface area contributed by atoms with Crippen molar-refractivity contribution in [1.29, 1.82) is 0 Å². The van der Waals surface area contributed by atoms with Gasteiger partial charge in [-0.2, -0.15) is 0 Å². The van der Waals surface area contributed by atoms with E-state index in [1.54, 1.807) is 0 Å². The Morgan fingerprint density at radius 2 is 0.582 bits per heavy atom. The number of allylic oxidation sites excluding steroid dienone is 14. The zero-order valence-corrected chi connectivity index (χ0v) is 43.9. The number of hydrogen-bond donors (Lipinski definition) is 0. The summed E-state index contributed by atoms with van der Waals surface area (Å²) in [5.41, 5.74) is 0. The molecule has 0 heterocycles. The number of carbonyl (C=O) groups excluding carboxylic acids is 3. The van der Waals surface area contributed by atoms with Crippen molar-refractivity contribution in [2.75, 3.05) is 13.2 Å². The van der Waals surface area contributed by atoms with Crippen LogP contribution in [0.3, 0.4) is 0 Å². The molecule has 0 rings (SSSR count). The second kappa shape index (κ2) is 55.2. The SMILES string of the molecule is CCCC/C=C\CCCCCCCC(=O)OC[C@@H](COC(=O)CC/C=C\C/C=C\C/C=C\C/C=C\C/C=C\CCCCC)OC(=O)CCCCCCCCCCC/C=C\CCCCCCCC. The summed E-state index contributed by atoms with van der Waals surface area (Å²) < 4.78 is 16.8. The number of rotatable bonds is 50. The van der Waals surface area contributed by atoms with Gasteiger partial charge in [0.1, 0.15) is 13.2 Å². The van der Waals surface area contributed by atoms with Crippen molar-refractivity contribution in [3.05, 3.63) is 85.1 Å². The molecule has 6 heteroatoms. The largest absolute Gasteiger partial charge is 0.462 e. The summed E-state index contributed by atoms with van der Waals surface area (Å²) >= 11 is 0. The molecule has 6 nitrogen and oxygen atoms in total. The molecule has 0 fully saturated rings. The van der Waals surface area contributed by atoms with E-state index in [4.69, 9.17) is 14.2 Å². The molecular formula is C61H104O6. The monoisotopic (exact) mass is 933 g/mol. The van der Waals surface area contributed by atoms with Gasteiger partial charge in [-0.1, -0.05) is 228 Å². The number of carbonyl (C=O) groups is 3. The van der Waals surface area contributed by atoms with Crippen LogP contribution >= 0.6 is 0 Å². The van der Waals surface area contributed by atoms with E-state index in [-0.39, 0.29) is 37.5 Å². The van der Waals surface area contributed by atoms with Crippen molar-refractivity contribution in [3.63, 3.8) is 0 Å². The summed E-state index contributed by atoms with van der Waals surface area (Å²) in [6, 6.07) is 0. The fraction of sp³-hybridized carbons (Fsp3) is 0.721. The highest BCUT2D eigenvalue weighted by Gasteiger charge is 2.19. The Morgan fingerprint density at radius 3 is 1.01 bits per heavy atom. The van der Waals surface area contributed by atoms with E-state index in [0.717, 1.165) is 77.0 Å². The molecule has 0 N–H and O–H groups in total. The summed E-state index contributed by atoms with van der Waals surface area (Å²) in [4.78, 5) is 38.0. The van der Waals surface area contributed by atoms with Crippen LogP contribution in [0.15, 0.2) is 85.1 Å². The minimum absolute atomic E-state index is 0.104. The van der Waals surface area contributed by atoms with Gasteiger partial charge in [0.15, 0.2) is 6.10 Å². The first kappa shape index (κ1) is 63.6. The molecule has 0 amide bonds. The van der Waals surface area contributed by atoms with Crippen LogP contribution in [-0.4, -0.2) is 37.2 Å². The zero-order valence-electron chi connectivity index (χ0n) is 43.9. The number of ether oxygens (including phenoxy) is 3. The molecular weight excluding hydrogens is 829 g/mol. The lowest BCUT2D eigenvalue weighted by atomic mass is 10.1. The lowest BCUT2D eigenvalue weighted by molar-refractivity contribution is -0.166. The van der Waals surface area contributed by atoms with Crippen molar-refractivity contribution in [2.24, 2.45) is 0 Å². The third kappa shape index (κ3) is 53.4. The van der Waals surface area contributed by atoms with Crippen LogP contribution in [0, 0.1) is 0 Å². The maximum Gasteiger partial charge on any atom is 0.306 e. The van der Waals surface area contributed by atoms with Gasteiger partial charge >= 0.3 is 17.9 Å². The molecule has 0 aliphatic heterocycles. The van der Waals surface area contributed by atoms with Crippen molar-refractivity contribution < 1.29 is 28.6 Å². The Balaban J connectivity index is 4.45. The predicted octanol–water partition coefficient (Wildman–Crippen LogP) is 18.8. The molecule has 384 valence electrons. The van der Waals surface area contributed by atoms with Crippen LogP contribution in [0.4, 0.5) is 0 Å². The van der Waals surface area contributed by atoms with Gasteiger partial charge in [-0.3, -0.25) is 14.4 Å². The van der Waals surface area contributed by atoms with Gasteiger partial charge in [0.25, 0.3) is 0 Å². The van der Waals surface area contributed by atoms with E-state index in [1.807, 2.05) is 6.08 Å². The third-order valence-electron chi connectivity index (χ3n) is 11.9. The van der Waals surface area contributed by atoms with E-state index in [2.05, 4.69) is 99.8 Å². The average Bonchev–Trinajstić information content (AvgIpc) is 3.33. The van der Waals surface area contributed by atoms with Crippen LogP contribution in [-0.2, 0) is 28.6 Å². The molecule has 0 unspecified atom stereocenters. The Labute approximate surface area is 414 Å². The fourth-order valence-corrected chi connectivity index (χ4v) is 7.58.